The van der Waals surface area contributed by atoms with Gasteiger partial charge in [0.25, 0.3) is 5.91 Å². The zero-order valence-corrected chi connectivity index (χ0v) is 35.9. The highest BCUT2D eigenvalue weighted by molar-refractivity contribution is 5.96. The van der Waals surface area contributed by atoms with Crippen LogP contribution in [0.15, 0.2) is 138 Å². The first kappa shape index (κ1) is 44.1. The molecule has 64 heavy (non-hydrogen) atoms. The van der Waals surface area contributed by atoms with Gasteiger partial charge in [-0.3, -0.25) is 14.5 Å². The fraction of sp³-hybridized carbons (Fsp3) is 0.288. The number of amides is 1. The van der Waals surface area contributed by atoms with E-state index < -0.39 is 17.7 Å². The molecule has 0 radical (unpaired) electrons. The van der Waals surface area contributed by atoms with Gasteiger partial charge in [0, 0.05) is 60.9 Å². The number of likely N-dealkylation sites (tertiary alicyclic amines) is 1. The van der Waals surface area contributed by atoms with Crippen molar-refractivity contribution in [1.29, 1.82) is 0 Å². The second kappa shape index (κ2) is 19.9. The van der Waals surface area contributed by atoms with E-state index in [4.69, 9.17) is 9.47 Å². The van der Waals surface area contributed by atoms with Crippen LogP contribution in [0.25, 0.3) is 16.5 Å². The van der Waals surface area contributed by atoms with Gasteiger partial charge in [0.05, 0.1) is 25.3 Å². The molecule has 1 amide bonds. The number of piperidine rings is 1. The predicted octanol–water partition coefficient (Wildman–Crippen LogP) is 6.69. The van der Waals surface area contributed by atoms with Crippen LogP contribution < -0.4 is 15.6 Å². The third-order valence-corrected chi connectivity index (χ3v) is 12.4. The summed E-state index contributed by atoms with van der Waals surface area (Å²) in [7, 11) is 1.54. The van der Waals surface area contributed by atoms with Crippen LogP contribution in [-0.2, 0) is 28.2 Å². The Bertz CT molecular complexity index is 2680. The normalized spacial score (nSPS) is 16.2. The number of aliphatic hydroxyl groups is 2. The minimum Gasteiger partial charge on any atom is -0.506 e. The number of ether oxygens (including phenoxy) is 2. The van der Waals surface area contributed by atoms with Crippen LogP contribution in [0.4, 0.5) is 0 Å². The summed E-state index contributed by atoms with van der Waals surface area (Å²) < 4.78 is 11.7. The maximum Gasteiger partial charge on any atom is 0.347 e. The molecular weight excluding hydrogens is 809 g/mol. The largest absolute Gasteiger partial charge is 0.506 e. The minimum atomic E-state index is -2.05. The fourth-order valence-corrected chi connectivity index (χ4v) is 8.81. The number of aromatic hydroxyl groups is 1. The van der Waals surface area contributed by atoms with Crippen molar-refractivity contribution < 1.29 is 34.4 Å². The zero-order chi connectivity index (χ0) is 44.6. The van der Waals surface area contributed by atoms with E-state index in [9.17, 15) is 29.7 Å². The molecule has 2 aliphatic rings. The van der Waals surface area contributed by atoms with Gasteiger partial charge < -0.3 is 40.0 Å². The lowest BCUT2D eigenvalue weighted by atomic mass is 9.84. The number of fused-ring (bicyclic) bond motifs is 1. The first-order valence-corrected chi connectivity index (χ1v) is 21.8. The molecule has 6 aromatic rings. The molecule has 2 aliphatic heterocycles. The SMILES string of the molecule is COc1cc(C(=O)N2CCC=C(c3cccc([C@](O)(C(=O)OCC4CCN(Cc5ccccc5)CC4)c4ccccc4)c3)C2)ccc1CNC[C@H](O)c1ccc(O)c2[nH]c(=O)ccc12. The molecule has 1 aromatic heterocycles. The quantitative estimate of drug-likeness (QED) is 0.0704. The molecule has 0 saturated carbocycles. The lowest BCUT2D eigenvalue weighted by molar-refractivity contribution is -0.164. The van der Waals surface area contributed by atoms with E-state index in [0.29, 0.717) is 59.4 Å². The van der Waals surface area contributed by atoms with Crippen molar-refractivity contribution in [2.45, 2.75) is 44.1 Å². The molecule has 330 valence electrons. The Labute approximate surface area is 372 Å². The Morgan fingerprint density at radius 2 is 1.62 bits per heavy atom. The monoisotopic (exact) mass is 862 g/mol. The Morgan fingerprint density at radius 3 is 2.39 bits per heavy atom. The number of methoxy groups -OCH3 is 1. The molecule has 0 unspecified atom stereocenters. The van der Waals surface area contributed by atoms with Gasteiger partial charge in [-0.1, -0.05) is 97.1 Å². The summed E-state index contributed by atoms with van der Waals surface area (Å²) in [6, 6.07) is 37.9. The van der Waals surface area contributed by atoms with Crippen LogP contribution in [0.5, 0.6) is 11.5 Å². The maximum atomic E-state index is 14.1. The molecule has 3 heterocycles. The number of aromatic amines is 1. The van der Waals surface area contributed by atoms with Gasteiger partial charge in [-0.2, -0.15) is 0 Å². The number of benzene rings is 5. The number of carbonyl (C=O) groups is 2. The Morgan fingerprint density at radius 1 is 0.875 bits per heavy atom. The van der Waals surface area contributed by atoms with E-state index >= 15 is 0 Å². The first-order chi connectivity index (χ1) is 31.1. The number of rotatable bonds is 15. The second-order valence-electron chi connectivity index (χ2n) is 16.7. The number of aromatic nitrogens is 1. The summed E-state index contributed by atoms with van der Waals surface area (Å²) in [5, 5.41) is 37.5. The number of H-pyrrole nitrogens is 1. The molecule has 1 saturated heterocycles. The highest BCUT2D eigenvalue weighted by atomic mass is 16.5. The number of nitrogens with zero attached hydrogens (tertiary/aromatic N) is 2. The fourth-order valence-electron chi connectivity index (χ4n) is 8.81. The predicted molar refractivity (Wildman–Crippen MR) is 246 cm³/mol. The lowest BCUT2D eigenvalue weighted by Crippen LogP contribution is -2.40. The average Bonchev–Trinajstić information content (AvgIpc) is 3.34. The van der Waals surface area contributed by atoms with E-state index in [2.05, 4.69) is 45.5 Å². The minimum absolute atomic E-state index is 0.0789. The van der Waals surface area contributed by atoms with Crippen molar-refractivity contribution in [2.24, 2.45) is 5.92 Å². The number of pyridine rings is 1. The van der Waals surface area contributed by atoms with Crippen LogP contribution in [0.1, 0.15) is 69.1 Å². The van der Waals surface area contributed by atoms with Crippen LogP contribution in [0.3, 0.4) is 0 Å². The molecule has 2 atom stereocenters. The van der Waals surface area contributed by atoms with Crippen LogP contribution in [0, 0.1) is 5.92 Å². The van der Waals surface area contributed by atoms with Gasteiger partial charge in [-0.25, -0.2) is 4.79 Å². The summed E-state index contributed by atoms with van der Waals surface area (Å²) >= 11 is 0. The number of hydrogen-bond donors (Lipinski definition) is 5. The summed E-state index contributed by atoms with van der Waals surface area (Å²) in [5.74, 6) is -0.251. The van der Waals surface area contributed by atoms with E-state index in [1.54, 1.807) is 66.6 Å². The van der Waals surface area contributed by atoms with E-state index in [1.807, 2.05) is 36.4 Å². The van der Waals surface area contributed by atoms with Crippen LogP contribution in [0.2, 0.25) is 0 Å². The van der Waals surface area contributed by atoms with Crippen molar-refractivity contribution in [3.05, 3.63) is 183 Å². The number of hydrogen-bond acceptors (Lipinski definition) is 10. The topological polar surface area (TPSA) is 165 Å². The summed E-state index contributed by atoms with van der Waals surface area (Å²) in [4.78, 5) is 46.8. The molecule has 0 spiro atoms. The third kappa shape index (κ3) is 9.80. The maximum absolute atomic E-state index is 14.1. The first-order valence-electron chi connectivity index (χ1n) is 21.8. The average molecular weight is 863 g/mol. The number of nitrogens with one attached hydrogen (secondary N) is 2. The summed E-state index contributed by atoms with van der Waals surface area (Å²) in [6.07, 6.45) is 3.57. The molecule has 5 N–H and O–H groups in total. The number of phenols is 1. The van der Waals surface area contributed by atoms with Gasteiger partial charge in [-0.15, -0.1) is 0 Å². The van der Waals surface area contributed by atoms with Crippen molar-refractivity contribution in [3.63, 3.8) is 0 Å². The summed E-state index contributed by atoms with van der Waals surface area (Å²) in [5.41, 5.74) is 3.43. The third-order valence-electron chi connectivity index (χ3n) is 12.4. The van der Waals surface area contributed by atoms with Gasteiger partial charge in [0.15, 0.2) is 0 Å². The van der Waals surface area contributed by atoms with Crippen LogP contribution >= 0.6 is 0 Å². The Hall–Kier alpha value is -6.57. The molecule has 12 heteroatoms. The zero-order valence-electron chi connectivity index (χ0n) is 35.9. The van der Waals surface area contributed by atoms with Crippen LogP contribution in [-0.4, -0.2) is 88.4 Å². The number of esters is 1. The molecule has 0 bridgehead atoms. The lowest BCUT2D eigenvalue weighted by Gasteiger charge is -2.33. The number of aliphatic hydroxyl groups excluding tert-OH is 1. The highest BCUT2D eigenvalue weighted by Gasteiger charge is 2.42. The second-order valence-corrected chi connectivity index (χ2v) is 16.7. The molecule has 0 aliphatic carbocycles. The van der Waals surface area contributed by atoms with Gasteiger partial charge >= 0.3 is 5.97 Å². The molecule has 8 rings (SSSR count). The van der Waals surface area contributed by atoms with Gasteiger partial charge in [-0.05, 0) is 96.4 Å². The highest BCUT2D eigenvalue weighted by Crippen LogP contribution is 2.35. The van der Waals surface area contributed by atoms with Crippen molar-refractivity contribution in [3.8, 4) is 11.5 Å². The molecular formula is C52H54N4O8. The molecule has 5 aromatic carbocycles. The number of carbonyl (C=O) groups excluding carboxylic acids is 2. The Kier molecular flexibility index (Phi) is 13.7. The molecule has 1 fully saturated rings. The smallest absolute Gasteiger partial charge is 0.347 e. The van der Waals surface area contributed by atoms with Crippen molar-refractivity contribution >= 4 is 28.4 Å². The summed E-state index contributed by atoms with van der Waals surface area (Å²) in [6.45, 7) is 4.28. The molecule has 12 nitrogen and oxygen atoms in total. The Balaban J connectivity index is 0.908. The van der Waals surface area contributed by atoms with E-state index in [1.165, 1.54) is 17.7 Å². The van der Waals surface area contributed by atoms with E-state index in [-0.39, 0.29) is 41.8 Å². The standard InChI is InChI=1S/C52H54N4O8/c1-63-47-29-38(17-18-39(47)30-53-31-46(58)43-19-21-45(57)49-44(43)20-22-48(59)54-49)50(60)56-25-9-13-40(33-56)37-12-8-16-42(28-37)52(62,41-14-6-3-7-15-41)51(61)64-34-36-23-26-55(27-24-36)32-35-10-4-2-5-11-35/h2-8,10-22,28-29,36,46,53,57-58,62H,9,23-27,30-34H2,1H3,(H,54,59)/t46-,52-/m0/s1. The van der Waals surface area contributed by atoms with Gasteiger partial charge in [0.1, 0.15) is 11.5 Å². The van der Waals surface area contributed by atoms with Crippen molar-refractivity contribution in [1.82, 2.24) is 20.1 Å². The van der Waals surface area contributed by atoms with Gasteiger partial charge in [0.2, 0.25) is 11.2 Å². The number of phenolic OH excluding ortho intramolecular Hbond substituents is 1. The van der Waals surface area contributed by atoms with E-state index in [0.717, 1.165) is 49.2 Å². The van der Waals surface area contributed by atoms with Crippen molar-refractivity contribution in [2.75, 3.05) is 46.4 Å².